The van der Waals surface area contributed by atoms with Crippen LogP contribution in [-0.2, 0) is 10.0 Å². The van der Waals surface area contributed by atoms with E-state index in [-0.39, 0.29) is 29.1 Å². The molecule has 1 saturated heterocycles. The number of sulfonamides is 1. The Morgan fingerprint density at radius 2 is 1.97 bits per heavy atom. The highest BCUT2D eigenvalue weighted by Gasteiger charge is 2.26. The van der Waals surface area contributed by atoms with E-state index in [1.807, 2.05) is 6.92 Å². The van der Waals surface area contributed by atoms with Gasteiger partial charge in [0, 0.05) is 30.5 Å². The first-order valence-corrected chi connectivity index (χ1v) is 11.4. The van der Waals surface area contributed by atoms with Crippen LogP contribution in [0.15, 0.2) is 53.4 Å². The van der Waals surface area contributed by atoms with Crippen molar-refractivity contribution in [2.24, 2.45) is 5.92 Å². The first-order chi connectivity index (χ1) is 14.3. The van der Waals surface area contributed by atoms with E-state index in [4.69, 9.17) is 0 Å². The number of carbonyl (C=O) groups excluding carboxylic acids is 1. The van der Waals surface area contributed by atoms with E-state index in [1.165, 1.54) is 12.1 Å². The Balaban J connectivity index is 1.41. The fourth-order valence-corrected chi connectivity index (χ4v) is 4.95. The Morgan fingerprint density at radius 1 is 1.20 bits per heavy atom. The molecular formula is C22H24FN3O3S. The van der Waals surface area contributed by atoms with E-state index in [2.05, 4.69) is 9.71 Å². The number of piperidine rings is 1. The monoisotopic (exact) mass is 429 g/mol. The van der Waals surface area contributed by atoms with Gasteiger partial charge in [-0.05, 0) is 62.1 Å². The van der Waals surface area contributed by atoms with E-state index < -0.39 is 10.0 Å². The molecule has 2 aromatic carbocycles. The molecule has 1 aliphatic heterocycles. The summed E-state index contributed by atoms with van der Waals surface area (Å²) in [4.78, 5) is 17.9. The van der Waals surface area contributed by atoms with Gasteiger partial charge in [0.15, 0.2) is 0 Å². The predicted molar refractivity (Wildman–Crippen MR) is 113 cm³/mol. The topological polar surface area (TPSA) is 82.3 Å². The number of nitrogens with zero attached hydrogens (tertiary/aromatic N) is 1. The van der Waals surface area contributed by atoms with Crippen molar-refractivity contribution in [1.29, 1.82) is 0 Å². The number of rotatable bonds is 5. The second kappa shape index (κ2) is 8.20. The number of halogens is 1. The summed E-state index contributed by atoms with van der Waals surface area (Å²) in [6.07, 6.45) is 1.65. The van der Waals surface area contributed by atoms with Crippen LogP contribution in [0.4, 0.5) is 4.39 Å². The van der Waals surface area contributed by atoms with Crippen LogP contribution in [0.5, 0.6) is 0 Å². The zero-order chi connectivity index (χ0) is 21.3. The lowest BCUT2D eigenvalue weighted by molar-refractivity contribution is 0.0671. The Morgan fingerprint density at radius 3 is 2.73 bits per heavy atom. The number of nitrogens with one attached hydrogen (secondary N) is 2. The summed E-state index contributed by atoms with van der Waals surface area (Å²) in [5, 5.41) is 0.651. The summed E-state index contributed by atoms with van der Waals surface area (Å²) in [6.45, 7) is 3.27. The molecule has 0 bridgehead atoms. The highest BCUT2D eigenvalue weighted by atomic mass is 32.2. The Labute approximate surface area is 175 Å². The van der Waals surface area contributed by atoms with E-state index in [9.17, 15) is 17.6 Å². The van der Waals surface area contributed by atoms with Gasteiger partial charge in [-0.2, -0.15) is 0 Å². The van der Waals surface area contributed by atoms with Crippen LogP contribution in [0, 0.1) is 18.7 Å². The maximum atomic E-state index is 13.4. The van der Waals surface area contributed by atoms with Crippen molar-refractivity contribution in [3.8, 4) is 0 Å². The first-order valence-electron chi connectivity index (χ1n) is 9.96. The molecule has 1 fully saturated rings. The molecular weight excluding hydrogens is 405 g/mol. The summed E-state index contributed by atoms with van der Waals surface area (Å²) in [7, 11) is -3.58. The summed E-state index contributed by atoms with van der Waals surface area (Å²) < 4.78 is 41.1. The molecule has 1 atom stereocenters. The van der Waals surface area contributed by atoms with Crippen molar-refractivity contribution in [2.75, 3.05) is 19.6 Å². The lowest BCUT2D eigenvalue weighted by Crippen LogP contribution is -2.43. The van der Waals surface area contributed by atoms with E-state index in [1.54, 1.807) is 41.3 Å². The molecule has 1 aliphatic rings. The number of aromatic amines is 1. The Kier molecular flexibility index (Phi) is 5.62. The molecule has 2 N–H and O–H groups in total. The molecule has 1 unspecified atom stereocenters. The predicted octanol–water partition coefficient (Wildman–Crippen LogP) is 3.45. The second-order valence-corrected chi connectivity index (χ2v) is 9.61. The van der Waals surface area contributed by atoms with Crippen molar-refractivity contribution in [3.05, 3.63) is 65.6 Å². The quantitative estimate of drug-likeness (QED) is 0.652. The second-order valence-electron chi connectivity index (χ2n) is 7.84. The third kappa shape index (κ3) is 4.39. The summed E-state index contributed by atoms with van der Waals surface area (Å²) in [6, 6.07) is 12.7. The van der Waals surface area contributed by atoms with Crippen molar-refractivity contribution in [1.82, 2.24) is 14.6 Å². The average Bonchev–Trinajstić information content (AvgIpc) is 3.15. The van der Waals surface area contributed by atoms with Crippen molar-refractivity contribution < 1.29 is 17.6 Å². The number of likely N-dealkylation sites (tertiary alicyclic amines) is 1. The fourth-order valence-electron chi connectivity index (χ4n) is 3.83. The molecule has 1 amide bonds. The zero-order valence-corrected chi connectivity index (χ0v) is 17.5. The number of amides is 1. The fraction of sp³-hybridized carbons (Fsp3) is 0.318. The van der Waals surface area contributed by atoms with Crippen molar-refractivity contribution >= 4 is 26.8 Å². The van der Waals surface area contributed by atoms with Crippen LogP contribution in [0.1, 0.15) is 28.9 Å². The van der Waals surface area contributed by atoms with Gasteiger partial charge in [-0.25, -0.2) is 17.5 Å². The minimum Gasteiger partial charge on any atom is -0.351 e. The van der Waals surface area contributed by atoms with Gasteiger partial charge >= 0.3 is 0 Å². The van der Waals surface area contributed by atoms with Crippen LogP contribution in [-0.4, -0.2) is 43.8 Å². The molecule has 6 nitrogen and oxygen atoms in total. The molecule has 4 rings (SSSR count). The molecule has 30 heavy (non-hydrogen) atoms. The molecule has 8 heteroatoms. The van der Waals surface area contributed by atoms with Crippen LogP contribution in [0.25, 0.3) is 10.9 Å². The van der Waals surface area contributed by atoms with Crippen LogP contribution >= 0.6 is 0 Å². The maximum Gasteiger partial charge on any atom is 0.270 e. The summed E-state index contributed by atoms with van der Waals surface area (Å²) in [5.41, 5.74) is 2.12. The molecule has 2 heterocycles. The Hall–Kier alpha value is -2.71. The van der Waals surface area contributed by atoms with Gasteiger partial charge in [0.1, 0.15) is 11.5 Å². The highest BCUT2D eigenvalue weighted by Crippen LogP contribution is 2.22. The van der Waals surface area contributed by atoms with Crippen molar-refractivity contribution in [2.45, 2.75) is 24.7 Å². The molecule has 0 spiro atoms. The summed E-state index contributed by atoms with van der Waals surface area (Å²) in [5.74, 6) is -0.471. The Bertz CT molecular complexity index is 1170. The standard InChI is InChI=1S/C22H24FN3O3S/c1-15-4-7-19(8-5-15)30(28,29)24-13-16-3-2-10-26(14-16)22(27)21-12-17-11-18(23)6-9-20(17)25-21/h4-9,11-12,16,24-25H,2-3,10,13-14H2,1H3. The van der Waals surface area contributed by atoms with Gasteiger partial charge in [-0.1, -0.05) is 17.7 Å². The average molecular weight is 430 g/mol. The number of benzene rings is 2. The van der Waals surface area contributed by atoms with Crippen LogP contribution < -0.4 is 4.72 Å². The number of hydrogen-bond donors (Lipinski definition) is 2. The first kappa shape index (κ1) is 20.6. The van der Waals surface area contributed by atoms with Crippen LogP contribution in [0.2, 0.25) is 0 Å². The van der Waals surface area contributed by atoms with E-state index in [0.717, 1.165) is 18.4 Å². The number of aromatic nitrogens is 1. The minimum absolute atomic E-state index is 0.0322. The molecule has 3 aromatic rings. The smallest absolute Gasteiger partial charge is 0.270 e. The number of carbonyl (C=O) groups is 1. The van der Waals surface area contributed by atoms with Gasteiger partial charge in [0.2, 0.25) is 10.0 Å². The molecule has 0 aliphatic carbocycles. The normalized spacial score (nSPS) is 17.4. The van der Waals surface area contributed by atoms with Gasteiger partial charge in [-0.15, -0.1) is 0 Å². The van der Waals surface area contributed by atoms with Gasteiger partial charge in [-0.3, -0.25) is 4.79 Å². The van der Waals surface area contributed by atoms with Gasteiger partial charge in [0.05, 0.1) is 4.90 Å². The SMILES string of the molecule is Cc1ccc(S(=O)(=O)NCC2CCCN(C(=O)c3cc4cc(F)ccc4[nH]3)C2)cc1. The van der Waals surface area contributed by atoms with Gasteiger partial charge in [0.25, 0.3) is 5.91 Å². The zero-order valence-electron chi connectivity index (χ0n) is 16.7. The van der Waals surface area contributed by atoms with Gasteiger partial charge < -0.3 is 9.88 Å². The van der Waals surface area contributed by atoms with Crippen molar-refractivity contribution in [3.63, 3.8) is 0 Å². The van der Waals surface area contributed by atoms with E-state index >= 15 is 0 Å². The molecule has 0 radical (unpaired) electrons. The van der Waals surface area contributed by atoms with E-state index in [0.29, 0.717) is 29.7 Å². The van der Waals surface area contributed by atoms with Crippen LogP contribution in [0.3, 0.4) is 0 Å². The third-order valence-corrected chi connectivity index (χ3v) is 6.95. The number of aryl methyl sites for hydroxylation is 1. The largest absolute Gasteiger partial charge is 0.351 e. The highest BCUT2D eigenvalue weighted by molar-refractivity contribution is 7.89. The lowest BCUT2D eigenvalue weighted by atomic mass is 9.98. The maximum absolute atomic E-state index is 13.4. The number of hydrogen-bond acceptors (Lipinski definition) is 3. The number of H-pyrrole nitrogens is 1. The summed E-state index contributed by atoms with van der Waals surface area (Å²) >= 11 is 0. The lowest BCUT2D eigenvalue weighted by Gasteiger charge is -2.32. The minimum atomic E-state index is -3.58. The molecule has 1 aromatic heterocycles. The molecule has 158 valence electrons. The third-order valence-electron chi connectivity index (χ3n) is 5.51. The number of fused-ring (bicyclic) bond motifs is 1. The molecule has 0 saturated carbocycles.